The van der Waals surface area contributed by atoms with Crippen molar-refractivity contribution >= 4 is 17.8 Å². The summed E-state index contributed by atoms with van der Waals surface area (Å²) in [6.07, 6.45) is 56.7. The third-order valence-electron chi connectivity index (χ3n) is 8.26. The van der Waals surface area contributed by atoms with E-state index in [0.717, 1.165) is 135 Å². The fourth-order valence-electron chi connectivity index (χ4n) is 5.32. The average molecular weight is 720 g/mol. The zero-order chi connectivity index (χ0) is 38.0. The van der Waals surface area contributed by atoms with Crippen molar-refractivity contribution < 1.29 is 24.2 Å². The molecule has 0 aromatic carbocycles. The summed E-state index contributed by atoms with van der Waals surface area (Å²) in [5.41, 5.74) is 0. The lowest BCUT2D eigenvalue weighted by Crippen LogP contribution is -2.28. The van der Waals surface area contributed by atoms with Gasteiger partial charge in [0.2, 0.25) is 5.91 Å². The Kier molecular flexibility index (Phi) is 37.3. The number of unbranched alkanes of at least 4 members (excludes halogenated alkanes) is 8. The molecule has 0 aromatic heterocycles. The minimum absolute atomic E-state index is 0.0699. The third kappa shape index (κ3) is 39.1. The van der Waals surface area contributed by atoms with Crippen LogP contribution in [0.1, 0.15) is 162 Å². The van der Waals surface area contributed by atoms with Crippen LogP contribution in [-0.2, 0) is 19.1 Å². The first-order valence-electron chi connectivity index (χ1n) is 20.4. The Morgan fingerprint density at radius 1 is 0.500 bits per heavy atom. The highest BCUT2D eigenvalue weighted by Gasteiger charge is 2.14. The first kappa shape index (κ1) is 48.3. The number of carboxylic acid groups (broad SMARTS) is 1. The van der Waals surface area contributed by atoms with E-state index in [0.29, 0.717) is 12.8 Å². The summed E-state index contributed by atoms with van der Waals surface area (Å²) in [6, 6.07) is 0. The lowest BCUT2D eigenvalue weighted by Gasteiger charge is -2.17. The largest absolute Gasteiger partial charge is 0.480 e. The molecule has 0 radical (unpaired) electrons. The summed E-state index contributed by atoms with van der Waals surface area (Å²) >= 11 is 0. The topological polar surface area (TPSA) is 92.7 Å². The highest BCUT2D eigenvalue weighted by atomic mass is 16.5. The number of carboxylic acids is 1. The Labute approximate surface area is 318 Å². The highest BCUT2D eigenvalue weighted by molar-refractivity contribution is 5.80. The van der Waals surface area contributed by atoms with Gasteiger partial charge in [-0.3, -0.25) is 14.4 Å². The van der Waals surface area contributed by atoms with Gasteiger partial charge in [-0.25, -0.2) is 0 Å². The van der Waals surface area contributed by atoms with E-state index in [2.05, 4.69) is 116 Å². The van der Waals surface area contributed by atoms with Crippen LogP contribution in [0.3, 0.4) is 0 Å². The molecule has 0 heterocycles. The molecule has 0 aliphatic heterocycles. The number of carbonyl (C=O) groups is 3. The van der Waals surface area contributed by atoms with Crippen molar-refractivity contribution in [2.75, 3.05) is 6.54 Å². The van der Waals surface area contributed by atoms with Crippen molar-refractivity contribution in [1.29, 1.82) is 0 Å². The lowest BCUT2D eigenvalue weighted by molar-refractivity contribution is -0.150. The molecule has 0 aromatic rings. The van der Waals surface area contributed by atoms with E-state index in [1.807, 2.05) is 0 Å². The Balaban J connectivity index is 4.37. The zero-order valence-electron chi connectivity index (χ0n) is 32.9. The van der Waals surface area contributed by atoms with Crippen molar-refractivity contribution in [3.05, 3.63) is 97.2 Å². The summed E-state index contributed by atoms with van der Waals surface area (Å²) in [5, 5.41) is 11.1. The summed E-state index contributed by atoms with van der Waals surface area (Å²) in [4.78, 5) is 35.0. The first-order chi connectivity index (χ1) is 25.5. The fraction of sp³-hybridized carbons (Fsp3) is 0.587. The van der Waals surface area contributed by atoms with Crippen LogP contribution in [0.4, 0.5) is 0 Å². The summed E-state index contributed by atoms with van der Waals surface area (Å²) in [6.45, 7) is 3.97. The molecule has 0 aliphatic carbocycles. The molecule has 1 unspecified atom stereocenters. The van der Waals surface area contributed by atoms with E-state index in [9.17, 15) is 14.4 Å². The summed E-state index contributed by atoms with van der Waals surface area (Å²) in [7, 11) is 0. The highest BCUT2D eigenvalue weighted by Crippen LogP contribution is 2.17. The SMILES string of the molecule is CC/C=C\C/C=C\C/C=C\C/C=C\CCCCCCC(=O)OC(CC/C=C\C/C=C\C/C=C\C/C=C\CC)CCCCCCCC(=O)NCC(=O)O. The second-order valence-corrected chi connectivity index (χ2v) is 13.1. The molecule has 1 atom stereocenters. The van der Waals surface area contributed by atoms with Gasteiger partial charge in [-0.2, -0.15) is 0 Å². The van der Waals surface area contributed by atoms with Gasteiger partial charge in [-0.1, -0.05) is 143 Å². The number of amides is 1. The van der Waals surface area contributed by atoms with Gasteiger partial charge in [0, 0.05) is 12.8 Å². The second kappa shape index (κ2) is 40.1. The molecule has 0 bridgehead atoms. The molecule has 0 aliphatic rings. The number of hydrogen-bond acceptors (Lipinski definition) is 4. The number of aliphatic carboxylic acids is 1. The summed E-state index contributed by atoms with van der Waals surface area (Å²) in [5.74, 6) is -1.32. The normalized spacial score (nSPS) is 13.1. The van der Waals surface area contributed by atoms with Gasteiger partial charge in [0.05, 0.1) is 0 Å². The van der Waals surface area contributed by atoms with Gasteiger partial charge in [-0.15, -0.1) is 0 Å². The molecule has 292 valence electrons. The minimum Gasteiger partial charge on any atom is -0.480 e. The van der Waals surface area contributed by atoms with Crippen LogP contribution in [0.5, 0.6) is 0 Å². The van der Waals surface area contributed by atoms with Crippen molar-refractivity contribution in [3.63, 3.8) is 0 Å². The van der Waals surface area contributed by atoms with Crippen LogP contribution in [0.2, 0.25) is 0 Å². The van der Waals surface area contributed by atoms with E-state index in [1.54, 1.807) is 0 Å². The van der Waals surface area contributed by atoms with Crippen LogP contribution in [-0.4, -0.2) is 35.6 Å². The van der Waals surface area contributed by atoms with Crippen LogP contribution >= 0.6 is 0 Å². The van der Waals surface area contributed by atoms with Gasteiger partial charge in [0.25, 0.3) is 0 Å². The zero-order valence-corrected chi connectivity index (χ0v) is 32.9. The van der Waals surface area contributed by atoms with Crippen LogP contribution in [0.25, 0.3) is 0 Å². The van der Waals surface area contributed by atoms with Gasteiger partial charge in [0.1, 0.15) is 12.6 Å². The molecule has 0 fully saturated rings. The standard InChI is InChI=1S/C46H73NO5/c1-3-5-7-9-11-13-15-17-18-19-20-22-24-26-28-33-37-41-46(51)52-43(39-35-31-29-32-36-40-44(48)47-42-45(49)50)38-34-30-27-25-23-21-16-14-12-10-8-6-4-2/h5-8,11-14,17-18,20-23,27,30,43H,3-4,9-10,15-16,19,24-26,28-29,31-42H2,1-2H3,(H,47,48)(H,49,50)/b7-5-,8-6-,13-11-,14-12-,18-17-,22-20-,23-21-,30-27-. The minimum atomic E-state index is -1.03. The molecule has 0 rings (SSSR count). The van der Waals surface area contributed by atoms with Crippen molar-refractivity contribution in [2.45, 2.75) is 168 Å². The quantitative estimate of drug-likeness (QED) is 0.0386. The van der Waals surface area contributed by atoms with Crippen molar-refractivity contribution in [2.24, 2.45) is 0 Å². The second-order valence-electron chi connectivity index (χ2n) is 13.1. The van der Waals surface area contributed by atoms with E-state index in [4.69, 9.17) is 9.84 Å². The van der Waals surface area contributed by atoms with Gasteiger partial charge < -0.3 is 15.2 Å². The molecule has 52 heavy (non-hydrogen) atoms. The Hall–Kier alpha value is -3.67. The molecule has 0 saturated heterocycles. The third-order valence-corrected chi connectivity index (χ3v) is 8.26. The van der Waals surface area contributed by atoms with Crippen molar-refractivity contribution in [1.82, 2.24) is 5.32 Å². The number of carbonyl (C=O) groups excluding carboxylic acids is 2. The molecule has 1 amide bonds. The van der Waals surface area contributed by atoms with Gasteiger partial charge >= 0.3 is 11.9 Å². The van der Waals surface area contributed by atoms with E-state index in [-0.39, 0.29) is 24.5 Å². The van der Waals surface area contributed by atoms with Crippen molar-refractivity contribution in [3.8, 4) is 0 Å². The molecule has 0 saturated carbocycles. The predicted molar refractivity (Wildman–Crippen MR) is 221 cm³/mol. The number of nitrogens with one attached hydrogen (secondary N) is 1. The fourth-order valence-corrected chi connectivity index (χ4v) is 5.32. The predicted octanol–water partition coefficient (Wildman–Crippen LogP) is 12.6. The van der Waals surface area contributed by atoms with Crippen LogP contribution in [0, 0.1) is 0 Å². The monoisotopic (exact) mass is 720 g/mol. The maximum Gasteiger partial charge on any atom is 0.322 e. The Bertz CT molecular complexity index is 1110. The number of esters is 1. The molecule has 2 N–H and O–H groups in total. The summed E-state index contributed by atoms with van der Waals surface area (Å²) < 4.78 is 5.97. The number of hydrogen-bond donors (Lipinski definition) is 2. The maximum absolute atomic E-state index is 12.7. The molecule has 6 nitrogen and oxygen atoms in total. The Morgan fingerprint density at radius 2 is 0.923 bits per heavy atom. The average Bonchev–Trinajstić information content (AvgIpc) is 3.13. The van der Waals surface area contributed by atoms with E-state index in [1.165, 1.54) is 0 Å². The van der Waals surface area contributed by atoms with Crippen LogP contribution in [0.15, 0.2) is 97.2 Å². The molecule has 0 spiro atoms. The maximum atomic E-state index is 12.7. The lowest BCUT2D eigenvalue weighted by atomic mass is 10.0. The molecular weight excluding hydrogens is 647 g/mol. The number of rotatable bonds is 35. The number of ether oxygens (including phenoxy) is 1. The van der Waals surface area contributed by atoms with Gasteiger partial charge in [0.15, 0.2) is 0 Å². The first-order valence-corrected chi connectivity index (χ1v) is 20.4. The molecular formula is C46H73NO5. The smallest absolute Gasteiger partial charge is 0.322 e. The van der Waals surface area contributed by atoms with E-state index >= 15 is 0 Å². The van der Waals surface area contributed by atoms with Gasteiger partial charge in [-0.05, 0) is 103 Å². The van der Waals surface area contributed by atoms with E-state index < -0.39 is 5.97 Å². The Morgan fingerprint density at radius 3 is 1.44 bits per heavy atom. The molecule has 6 heteroatoms. The van der Waals surface area contributed by atoms with Crippen LogP contribution < -0.4 is 5.32 Å². The number of allylic oxidation sites excluding steroid dienone is 16.